The van der Waals surface area contributed by atoms with E-state index in [1.54, 1.807) is 0 Å². The first-order valence-corrected chi connectivity index (χ1v) is 8.99. The molecule has 1 aliphatic rings. The Labute approximate surface area is 137 Å². The molecule has 1 aliphatic carbocycles. The first-order valence-electron chi connectivity index (χ1n) is 8.20. The third kappa shape index (κ3) is 5.63. The van der Waals surface area contributed by atoms with Gasteiger partial charge < -0.3 is 10.1 Å². The molecule has 1 aromatic rings. The summed E-state index contributed by atoms with van der Waals surface area (Å²) in [6, 6.07) is 6.36. The highest BCUT2D eigenvalue weighted by Crippen LogP contribution is 2.30. The molecule has 1 aromatic carbocycles. The lowest BCUT2D eigenvalue weighted by atomic mass is 9.88. The van der Waals surface area contributed by atoms with Crippen molar-refractivity contribution in [1.29, 1.82) is 0 Å². The Bertz CT molecular complexity index is 447. The lowest BCUT2D eigenvalue weighted by Crippen LogP contribution is -2.25. The van der Waals surface area contributed by atoms with Crippen LogP contribution in [0.25, 0.3) is 0 Å². The maximum absolute atomic E-state index is 6.31. The van der Waals surface area contributed by atoms with Crippen LogP contribution < -0.4 is 10.1 Å². The lowest BCUT2D eigenvalue weighted by molar-refractivity contribution is 0.128. The van der Waals surface area contributed by atoms with Crippen molar-refractivity contribution in [3.8, 4) is 5.75 Å². The molecule has 0 aromatic heterocycles. The molecule has 1 fully saturated rings. The molecule has 0 aliphatic heterocycles. The highest BCUT2D eigenvalue weighted by atomic mass is 79.9. The number of rotatable bonds is 6. The van der Waals surface area contributed by atoms with Crippen LogP contribution in [0, 0.1) is 11.8 Å². The van der Waals surface area contributed by atoms with E-state index >= 15 is 0 Å². The van der Waals surface area contributed by atoms with E-state index in [1.165, 1.54) is 31.2 Å². The zero-order valence-corrected chi connectivity index (χ0v) is 15.1. The van der Waals surface area contributed by atoms with Crippen molar-refractivity contribution >= 4 is 15.9 Å². The van der Waals surface area contributed by atoms with Gasteiger partial charge in [0.2, 0.25) is 0 Å². The molecule has 0 amide bonds. The second-order valence-corrected chi connectivity index (χ2v) is 7.70. The number of halogens is 1. The van der Waals surface area contributed by atoms with Gasteiger partial charge in [0.05, 0.1) is 6.10 Å². The third-order valence-corrected chi connectivity index (χ3v) is 4.57. The Morgan fingerprint density at radius 2 is 2.14 bits per heavy atom. The minimum atomic E-state index is 0.388. The van der Waals surface area contributed by atoms with E-state index in [9.17, 15) is 0 Å². The normalized spacial score (nSPS) is 22.5. The molecule has 2 nitrogen and oxygen atoms in total. The van der Waals surface area contributed by atoms with E-state index in [2.05, 4.69) is 60.2 Å². The van der Waals surface area contributed by atoms with Crippen LogP contribution in [-0.4, -0.2) is 12.6 Å². The molecule has 3 heteroatoms. The lowest BCUT2D eigenvalue weighted by Gasteiger charge is -2.28. The van der Waals surface area contributed by atoms with Gasteiger partial charge in [-0.1, -0.05) is 43.1 Å². The summed E-state index contributed by atoms with van der Waals surface area (Å²) in [5.74, 6) is 2.51. The minimum absolute atomic E-state index is 0.388. The monoisotopic (exact) mass is 353 g/mol. The summed E-state index contributed by atoms with van der Waals surface area (Å²) in [6.07, 6.45) is 5.42. The van der Waals surface area contributed by atoms with Crippen molar-refractivity contribution in [3.63, 3.8) is 0 Å². The summed E-state index contributed by atoms with van der Waals surface area (Å²) in [7, 11) is 0. The van der Waals surface area contributed by atoms with Crippen LogP contribution in [0.15, 0.2) is 22.7 Å². The minimum Gasteiger partial charge on any atom is -0.490 e. The van der Waals surface area contributed by atoms with E-state index in [1.807, 2.05) is 0 Å². The van der Waals surface area contributed by atoms with Gasteiger partial charge in [0.15, 0.2) is 0 Å². The molecular weight excluding hydrogens is 326 g/mol. The predicted molar refractivity (Wildman–Crippen MR) is 92.7 cm³/mol. The quantitative estimate of drug-likeness (QED) is 0.763. The van der Waals surface area contributed by atoms with E-state index in [-0.39, 0.29) is 0 Å². The standard InChI is InChI=1S/C18H28BrNO/c1-13(2)11-20-12-15-10-16(19)7-8-18(15)21-17-6-4-5-14(3)9-17/h7-8,10,13-14,17,20H,4-6,9,11-12H2,1-3H3. The number of hydrogen-bond donors (Lipinski definition) is 1. The average Bonchev–Trinajstić information content (AvgIpc) is 2.41. The second kappa shape index (κ2) is 8.19. The van der Waals surface area contributed by atoms with Crippen molar-refractivity contribution in [1.82, 2.24) is 5.32 Å². The molecule has 118 valence electrons. The summed E-state index contributed by atoms with van der Waals surface area (Å²) in [5, 5.41) is 3.51. The van der Waals surface area contributed by atoms with E-state index < -0.39 is 0 Å². The fraction of sp³-hybridized carbons (Fsp3) is 0.667. The molecule has 0 spiro atoms. The van der Waals surface area contributed by atoms with Crippen LogP contribution in [0.4, 0.5) is 0 Å². The molecule has 0 radical (unpaired) electrons. The van der Waals surface area contributed by atoms with Crippen molar-refractivity contribution in [2.24, 2.45) is 11.8 Å². The van der Waals surface area contributed by atoms with E-state index in [0.29, 0.717) is 12.0 Å². The topological polar surface area (TPSA) is 21.3 Å². The Kier molecular flexibility index (Phi) is 6.56. The molecule has 0 heterocycles. The smallest absolute Gasteiger partial charge is 0.124 e. The van der Waals surface area contributed by atoms with Crippen LogP contribution in [0.1, 0.15) is 52.0 Å². The maximum atomic E-state index is 6.31. The first-order chi connectivity index (χ1) is 10.0. The first kappa shape index (κ1) is 16.8. The summed E-state index contributed by atoms with van der Waals surface area (Å²) >= 11 is 3.57. The molecule has 0 saturated heterocycles. The van der Waals surface area contributed by atoms with Crippen molar-refractivity contribution in [2.45, 2.75) is 59.1 Å². The highest BCUT2D eigenvalue weighted by molar-refractivity contribution is 9.10. The number of hydrogen-bond acceptors (Lipinski definition) is 2. The van der Waals surface area contributed by atoms with Crippen LogP contribution >= 0.6 is 15.9 Å². The molecular formula is C18H28BrNO. The van der Waals surface area contributed by atoms with Gasteiger partial charge in [-0.3, -0.25) is 0 Å². The van der Waals surface area contributed by atoms with E-state index in [0.717, 1.165) is 29.2 Å². The third-order valence-electron chi connectivity index (χ3n) is 4.07. The van der Waals surface area contributed by atoms with Crippen molar-refractivity contribution in [2.75, 3.05) is 6.54 Å². The fourth-order valence-corrected chi connectivity index (χ4v) is 3.37. The molecule has 1 saturated carbocycles. The molecule has 2 atom stereocenters. The van der Waals surface area contributed by atoms with Gasteiger partial charge in [-0.05, 0) is 55.8 Å². The zero-order valence-electron chi connectivity index (χ0n) is 13.5. The predicted octanol–water partition coefficient (Wildman–Crippen LogP) is 5.15. The van der Waals surface area contributed by atoms with Gasteiger partial charge in [-0.15, -0.1) is 0 Å². The Balaban J connectivity index is 2.00. The van der Waals surface area contributed by atoms with Crippen LogP contribution in [0.5, 0.6) is 5.75 Å². The maximum Gasteiger partial charge on any atom is 0.124 e. The summed E-state index contributed by atoms with van der Waals surface area (Å²) in [4.78, 5) is 0. The Morgan fingerprint density at radius 1 is 1.33 bits per heavy atom. The van der Waals surface area contributed by atoms with E-state index in [4.69, 9.17) is 4.74 Å². The van der Waals surface area contributed by atoms with Crippen LogP contribution in [0.3, 0.4) is 0 Å². The molecule has 1 N–H and O–H groups in total. The highest BCUT2D eigenvalue weighted by Gasteiger charge is 2.21. The second-order valence-electron chi connectivity index (χ2n) is 6.79. The average molecular weight is 354 g/mol. The van der Waals surface area contributed by atoms with Crippen molar-refractivity contribution in [3.05, 3.63) is 28.2 Å². The van der Waals surface area contributed by atoms with Gasteiger partial charge in [0.1, 0.15) is 5.75 Å². The summed E-state index contributed by atoms with van der Waals surface area (Å²) in [6.45, 7) is 8.70. The number of nitrogens with one attached hydrogen (secondary N) is 1. The largest absolute Gasteiger partial charge is 0.490 e. The van der Waals surface area contributed by atoms with Crippen LogP contribution in [0.2, 0.25) is 0 Å². The van der Waals surface area contributed by atoms with Gasteiger partial charge in [0.25, 0.3) is 0 Å². The molecule has 21 heavy (non-hydrogen) atoms. The van der Waals surface area contributed by atoms with Gasteiger partial charge in [-0.2, -0.15) is 0 Å². The summed E-state index contributed by atoms with van der Waals surface area (Å²) in [5.41, 5.74) is 1.25. The SMILES string of the molecule is CC(C)CNCc1cc(Br)ccc1OC1CCCC(C)C1. The number of benzene rings is 1. The summed E-state index contributed by atoms with van der Waals surface area (Å²) < 4.78 is 7.43. The Morgan fingerprint density at radius 3 is 2.86 bits per heavy atom. The van der Waals surface area contributed by atoms with Crippen LogP contribution in [-0.2, 0) is 6.54 Å². The fourth-order valence-electron chi connectivity index (χ4n) is 2.96. The van der Waals surface area contributed by atoms with Crippen molar-refractivity contribution < 1.29 is 4.74 Å². The van der Waals surface area contributed by atoms with Gasteiger partial charge in [-0.25, -0.2) is 0 Å². The van der Waals surface area contributed by atoms with Gasteiger partial charge in [0, 0.05) is 16.6 Å². The molecule has 2 rings (SSSR count). The number of ether oxygens (including phenoxy) is 1. The Hall–Kier alpha value is -0.540. The molecule has 0 bridgehead atoms. The molecule has 2 unspecified atom stereocenters. The van der Waals surface area contributed by atoms with Gasteiger partial charge >= 0.3 is 0 Å². The zero-order chi connectivity index (χ0) is 15.2.